The zero-order chi connectivity index (χ0) is 14.6. The topological polar surface area (TPSA) is 76.1 Å². The van der Waals surface area contributed by atoms with E-state index in [2.05, 4.69) is 10.3 Å². The third kappa shape index (κ3) is 3.61. The van der Waals surface area contributed by atoms with Gasteiger partial charge >= 0.3 is 10.2 Å². The lowest BCUT2D eigenvalue weighted by Crippen LogP contribution is -2.23. The van der Waals surface area contributed by atoms with Crippen LogP contribution in [-0.4, -0.2) is 19.3 Å². The number of halogens is 1. The van der Waals surface area contributed by atoms with Gasteiger partial charge in [-0.15, -0.1) is 3.89 Å². The molecule has 7 heteroatoms. The molecule has 2 aromatic rings. The Morgan fingerprint density at radius 3 is 2.65 bits per heavy atom. The summed E-state index contributed by atoms with van der Waals surface area (Å²) in [5.74, 6) is -0.499. The van der Waals surface area contributed by atoms with Crippen LogP contribution in [0.1, 0.15) is 16.1 Å². The van der Waals surface area contributed by atoms with Crippen LogP contribution in [0.2, 0.25) is 0 Å². The molecule has 1 aromatic carbocycles. The zero-order valence-corrected chi connectivity index (χ0v) is 11.1. The molecule has 2 rings (SSSR count). The molecule has 1 aromatic heterocycles. The second-order valence-corrected chi connectivity index (χ2v) is 5.32. The van der Waals surface area contributed by atoms with Gasteiger partial charge in [0.2, 0.25) is 0 Å². The number of nitrogens with zero attached hydrogens (tertiary/aromatic N) is 1. The fourth-order valence-corrected chi connectivity index (χ4v) is 2.07. The summed E-state index contributed by atoms with van der Waals surface area (Å²) in [6, 6.07) is 10.1. The van der Waals surface area contributed by atoms with Gasteiger partial charge in [0.05, 0.1) is 17.1 Å². The molecule has 20 heavy (non-hydrogen) atoms. The highest BCUT2D eigenvalue weighted by molar-refractivity contribution is 7.86. The molecule has 1 amide bonds. The van der Waals surface area contributed by atoms with Crippen molar-refractivity contribution >= 4 is 16.1 Å². The molecule has 104 valence electrons. The number of rotatable bonds is 4. The summed E-state index contributed by atoms with van der Waals surface area (Å²) in [7, 11) is -4.82. The average molecular weight is 294 g/mol. The van der Waals surface area contributed by atoms with Crippen LogP contribution in [0.4, 0.5) is 3.89 Å². The van der Waals surface area contributed by atoms with Crippen LogP contribution in [0.15, 0.2) is 53.6 Å². The van der Waals surface area contributed by atoms with Gasteiger partial charge in [-0.2, -0.15) is 8.42 Å². The molecule has 1 heterocycles. The van der Waals surface area contributed by atoms with Crippen molar-refractivity contribution in [2.45, 2.75) is 11.4 Å². The molecular weight excluding hydrogens is 283 g/mol. The van der Waals surface area contributed by atoms with E-state index in [1.165, 1.54) is 12.1 Å². The van der Waals surface area contributed by atoms with Gasteiger partial charge in [-0.1, -0.05) is 12.1 Å². The summed E-state index contributed by atoms with van der Waals surface area (Å²) in [5.41, 5.74) is 0.731. The Hall–Kier alpha value is -2.28. The van der Waals surface area contributed by atoms with Crippen molar-refractivity contribution in [3.63, 3.8) is 0 Å². The van der Waals surface area contributed by atoms with Crippen LogP contribution in [0, 0.1) is 0 Å². The first-order valence-electron chi connectivity index (χ1n) is 5.69. The number of hydrogen-bond acceptors (Lipinski definition) is 4. The van der Waals surface area contributed by atoms with Crippen molar-refractivity contribution in [2.24, 2.45) is 0 Å². The van der Waals surface area contributed by atoms with Gasteiger partial charge < -0.3 is 5.32 Å². The van der Waals surface area contributed by atoms with Gasteiger partial charge in [0.25, 0.3) is 5.91 Å². The van der Waals surface area contributed by atoms with E-state index >= 15 is 0 Å². The lowest BCUT2D eigenvalue weighted by Gasteiger charge is -2.05. The molecule has 0 spiro atoms. The molecule has 0 saturated heterocycles. The lowest BCUT2D eigenvalue weighted by molar-refractivity contribution is 0.0950. The largest absolute Gasteiger partial charge is 0.346 e. The van der Waals surface area contributed by atoms with Crippen molar-refractivity contribution in [3.8, 4) is 0 Å². The molecule has 0 aliphatic heterocycles. The minimum atomic E-state index is -4.82. The number of pyridine rings is 1. The number of carbonyl (C=O) groups is 1. The van der Waals surface area contributed by atoms with Crippen molar-refractivity contribution in [3.05, 3.63) is 59.9 Å². The van der Waals surface area contributed by atoms with E-state index in [-0.39, 0.29) is 12.1 Å². The maximum atomic E-state index is 12.8. The third-order valence-electron chi connectivity index (χ3n) is 2.53. The van der Waals surface area contributed by atoms with Crippen LogP contribution >= 0.6 is 0 Å². The predicted molar refractivity (Wildman–Crippen MR) is 70.1 cm³/mol. The average Bonchev–Trinajstić information content (AvgIpc) is 2.45. The Morgan fingerprint density at radius 1 is 1.20 bits per heavy atom. The van der Waals surface area contributed by atoms with Crippen molar-refractivity contribution < 1.29 is 17.1 Å². The maximum absolute atomic E-state index is 12.8. The quantitative estimate of drug-likeness (QED) is 0.870. The molecule has 0 bridgehead atoms. The minimum Gasteiger partial charge on any atom is -0.346 e. The number of hydrogen-bond donors (Lipinski definition) is 1. The highest BCUT2D eigenvalue weighted by Gasteiger charge is 2.14. The summed E-state index contributed by atoms with van der Waals surface area (Å²) in [6.45, 7) is 0.201. The van der Waals surface area contributed by atoms with E-state index in [1.54, 1.807) is 24.4 Å². The molecular formula is C13H11FN2O3S. The van der Waals surface area contributed by atoms with Crippen molar-refractivity contribution in [1.29, 1.82) is 0 Å². The van der Waals surface area contributed by atoms with Crippen LogP contribution < -0.4 is 5.32 Å². The van der Waals surface area contributed by atoms with Crippen LogP contribution in [0.5, 0.6) is 0 Å². The SMILES string of the molecule is O=C(NCc1ccccn1)c1cccc(S(=O)(=O)F)c1. The van der Waals surface area contributed by atoms with Crippen LogP contribution in [-0.2, 0) is 16.8 Å². The normalized spacial score (nSPS) is 11.1. The third-order valence-corrected chi connectivity index (χ3v) is 3.35. The summed E-state index contributed by atoms with van der Waals surface area (Å²) >= 11 is 0. The molecule has 0 radical (unpaired) electrons. The number of nitrogens with one attached hydrogen (secondary N) is 1. The van der Waals surface area contributed by atoms with E-state index < -0.39 is 21.0 Å². The molecule has 5 nitrogen and oxygen atoms in total. The summed E-state index contributed by atoms with van der Waals surface area (Å²) in [4.78, 5) is 15.3. The van der Waals surface area contributed by atoms with Gasteiger partial charge in [-0.3, -0.25) is 9.78 Å². The number of carbonyl (C=O) groups excluding carboxylic acids is 1. The molecule has 0 fully saturated rings. The van der Waals surface area contributed by atoms with E-state index in [1.807, 2.05) is 0 Å². The molecule has 0 aliphatic rings. The Kier molecular flexibility index (Phi) is 4.09. The molecule has 0 unspecified atom stereocenters. The van der Waals surface area contributed by atoms with Gasteiger partial charge in [0.1, 0.15) is 0 Å². The Labute approximate surface area is 115 Å². The Balaban J connectivity index is 2.10. The number of amides is 1. The lowest BCUT2D eigenvalue weighted by atomic mass is 10.2. The number of aromatic nitrogens is 1. The summed E-state index contributed by atoms with van der Waals surface area (Å²) in [6.07, 6.45) is 1.60. The molecule has 0 aliphatic carbocycles. The molecule has 0 saturated carbocycles. The van der Waals surface area contributed by atoms with E-state index in [0.717, 1.165) is 12.1 Å². The highest BCUT2D eigenvalue weighted by atomic mass is 32.3. The minimum absolute atomic E-state index is 0.0691. The van der Waals surface area contributed by atoms with E-state index in [0.29, 0.717) is 5.69 Å². The first-order chi connectivity index (χ1) is 9.47. The predicted octanol–water partition coefficient (Wildman–Crippen LogP) is 1.67. The summed E-state index contributed by atoms with van der Waals surface area (Å²) < 4.78 is 34.4. The van der Waals surface area contributed by atoms with Crippen molar-refractivity contribution in [2.75, 3.05) is 0 Å². The first kappa shape index (κ1) is 14.1. The van der Waals surface area contributed by atoms with E-state index in [9.17, 15) is 17.1 Å². The Bertz CT molecular complexity index is 717. The smallest absolute Gasteiger partial charge is 0.332 e. The van der Waals surface area contributed by atoms with Gasteiger partial charge in [-0.25, -0.2) is 0 Å². The van der Waals surface area contributed by atoms with Gasteiger partial charge in [0, 0.05) is 11.8 Å². The Morgan fingerprint density at radius 2 is 2.00 bits per heavy atom. The van der Waals surface area contributed by atoms with Gasteiger partial charge in [-0.05, 0) is 30.3 Å². The van der Waals surface area contributed by atoms with Crippen LogP contribution in [0.25, 0.3) is 0 Å². The second-order valence-electron chi connectivity index (χ2n) is 3.97. The van der Waals surface area contributed by atoms with E-state index in [4.69, 9.17) is 0 Å². The molecule has 1 N–H and O–H groups in total. The van der Waals surface area contributed by atoms with Gasteiger partial charge in [0.15, 0.2) is 0 Å². The summed E-state index contributed by atoms with van der Waals surface area (Å²) in [5, 5.41) is 2.58. The zero-order valence-electron chi connectivity index (χ0n) is 10.3. The molecule has 0 atom stereocenters. The standard InChI is InChI=1S/C13H11FN2O3S/c14-20(18,19)12-6-3-4-10(8-12)13(17)16-9-11-5-1-2-7-15-11/h1-8H,9H2,(H,16,17). The maximum Gasteiger partial charge on any atom is 0.332 e. The first-order valence-corrected chi connectivity index (χ1v) is 7.08. The monoisotopic (exact) mass is 294 g/mol. The number of benzene rings is 1. The van der Waals surface area contributed by atoms with Crippen molar-refractivity contribution in [1.82, 2.24) is 10.3 Å². The van der Waals surface area contributed by atoms with Crippen LogP contribution in [0.3, 0.4) is 0 Å². The second kappa shape index (κ2) is 5.79. The fourth-order valence-electron chi connectivity index (χ4n) is 1.56. The highest BCUT2D eigenvalue weighted by Crippen LogP contribution is 2.14. The fraction of sp³-hybridized carbons (Fsp3) is 0.0769.